The summed E-state index contributed by atoms with van der Waals surface area (Å²) in [5.74, 6) is 1.28. The van der Waals surface area contributed by atoms with E-state index in [-0.39, 0.29) is 24.5 Å². The zero-order valence-electron chi connectivity index (χ0n) is 15.1. The second kappa shape index (κ2) is 8.04. The van der Waals surface area contributed by atoms with Gasteiger partial charge in [-0.2, -0.15) is 0 Å². The highest BCUT2D eigenvalue weighted by Crippen LogP contribution is 2.30. The maximum atomic E-state index is 12.2. The molecule has 5 heteroatoms. The fourth-order valence-electron chi connectivity index (χ4n) is 2.77. The topological polar surface area (TPSA) is 64.6 Å². The fourth-order valence-corrected chi connectivity index (χ4v) is 2.77. The van der Waals surface area contributed by atoms with Crippen molar-refractivity contribution in [3.05, 3.63) is 58.7 Å². The van der Waals surface area contributed by atoms with Gasteiger partial charge in [-0.1, -0.05) is 18.2 Å². The van der Waals surface area contributed by atoms with Gasteiger partial charge in [-0.3, -0.25) is 9.59 Å². The third-order valence-electron chi connectivity index (χ3n) is 4.50. The number of benzene rings is 2. The van der Waals surface area contributed by atoms with Crippen LogP contribution >= 0.6 is 0 Å². The lowest BCUT2D eigenvalue weighted by Gasteiger charge is -2.19. The van der Waals surface area contributed by atoms with E-state index in [1.54, 1.807) is 0 Å². The highest BCUT2D eigenvalue weighted by atomic mass is 16.6. The van der Waals surface area contributed by atoms with Gasteiger partial charge in [-0.05, 0) is 48.7 Å². The maximum absolute atomic E-state index is 12.2. The molecule has 0 spiro atoms. The van der Waals surface area contributed by atoms with E-state index in [0.717, 1.165) is 22.4 Å². The molecule has 1 N–H and O–H groups in total. The molecule has 1 aliphatic rings. The van der Waals surface area contributed by atoms with Crippen LogP contribution in [-0.2, 0) is 11.3 Å². The molecule has 0 bridgehead atoms. The molecule has 0 unspecified atom stereocenters. The van der Waals surface area contributed by atoms with Crippen molar-refractivity contribution in [2.75, 3.05) is 13.2 Å². The Labute approximate surface area is 153 Å². The van der Waals surface area contributed by atoms with Gasteiger partial charge in [0.1, 0.15) is 13.2 Å². The van der Waals surface area contributed by atoms with Gasteiger partial charge in [0, 0.05) is 24.9 Å². The van der Waals surface area contributed by atoms with Crippen molar-refractivity contribution in [1.29, 1.82) is 0 Å². The summed E-state index contributed by atoms with van der Waals surface area (Å²) in [5.41, 5.74) is 3.83. The van der Waals surface area contributed by atoms with Crippen LogP contribution in [0.1, 0.15) is 39.9 Å². The van der Waals surface area contributed by atoms with Crippen LogP contribution in [-0.4, -0.2) is 24.9 Å². The van der Waals surface area contributed by atoms with Crippen molar-refractivity contribution >= 4 is 11.7 Å². The summed E-state index contributed by atoms with van der Waals surface area (Å²) >= 11 is 0. The summed E-state index contributed by atoms with van der Waals surface area (Å²) < 4.78 is 11.0. The standard InChI is InChI=1S/C21H23NO4/c1-14-3-5-17(11-15(14)2)18(23)6-8-21(24)22-13-16-4-7-19-20(12-16)26-10-9-25-19/h3-5,7,11-12H,6,8-10,13H2,1-2H3,(H,22,24). The Morgan fingerprint density at radius 3 is 2.46 bits per heavy atom. The zero-order chi connectivity index (χ0) is 18.5. The molecule has 0 aromatic heterocycles. The number of hydrogen-bond donors (Lipinski definition) is 1. The Balaban J connectivity index is 1.48. The number of carbonyl (C=O) groups is 2. The Hall–Kier alpha value is -2.82. The molecule has 0 atom stereocenters. The number of carbonyl (C=O) groups excluding carboxylic acids is 2. The van der Waals surface area contributed by atoms with Gasteiger partial charge in [-0.25, -0.2) is 0 Å². The lowest BCUT2D eigenvalue weighted by Crippen LogP contribution is -2.23. The number of fused-ring (bicyclic) bond motifs is 1. The van der Waals surface area contributed by atoms with Crippen LogP contribution in [0.15, 0.2) is 36.4 Å². The third kappa shape index (κ3) is 4.42. The third-order valence-corrected chi connectivity index (χ3v) is 4.50. The minimum Gasteiger partial charge on any atom is -0.486 e. The molecule has 26 heavy (non-hydrogen) atoms. The average Bonchev–Trinajstić information content (AvgIpc) is 2.66. The minimum absolute atomic E-state index is 0.0115. The molecule has 1 amide bonds. The molecule has 1 aliphatic heterocycles. The highest BCUT2D eigenvalue weighted by Gasteiger charge is 2.13. The van der Waals surface area contributed by atoms with E-state index in [9.17, 15) is 9.59 Å². The van der Waals surface area contributed by atoms with Crippen LogP contribution in [0.25, 0.3) is 0 Å². The summed E-state index contributed by atoms with van der Waals surface area (Å²) in [4.78, 5) is 24.3. The van der Waals surface area contributed by atoms with Crippen molar-refractivity contribution in [3.8, 4) is 11.5 Å². The van der Waals surface area contributed by atoms with E-state index >= 15 is 0 Å². The number of hydrogen-bond acceptors (Lipinski definition) is 4. The predicted octanol–water partition coefficient (Wildman–Crippen LogP) is 3.35. The van der Waals surface area contributed by atoms with Crippen molar-refractivity contribution < 1.29 is 19.1 Å². The summed E-state index contributed by atoms with van der Waals surface area (Å²) in [7, 11) is 0. The van der Waals surface area contributed by atoms with Crippen LogP contribution in [0.5, 0.6) is 11.5 Å². The van der Waals surface area contributed by atoms with E-state index in [4.69, 9.17) is 9.47 Å². The second-order valence-corrected chi connectivity index (χ2v) is 6.48. The van der Waals surface area contributed by atoms with Crippen LogP contribution in [0.2, 0.25) is 0 Å². The van der Waals surface area contributed by atoms with Gasteiger partial charge in [0.2, 0.25) is 5.91 Å². The van der Waals surface area contributed by atoms with Crippen LogP contribution in [0.3, 0.4) is 0 Å². The first-order valence-corrected chi connectivity index (χ1v) is 8.78. The van der Waals surface area contributed by atoms with Gasteiger partial charge in [0.25, 0.3) is 0 Å². The molecular weight excluding hydrogens is 330 g/mol. The van der Waals surface area contributed by atoms with Crippen molar-refractivity contribution in [3.63, 3.8) is 0 Å². The van der Waals surface area contributed by atoms with E-state index in [1.165, 1.54) is 0 Å². The summed E-state index contributed by atoms with van der Waals surface area (Å²) in [6, 6.07) is 11.2. The number of amides is 1. The van der Waals surface area contributed by atoms with Gasteiger partial charge >= 0.3 is 0 Å². The first-order chi connectivity index (χ1) is 12.5. The first-order valence-electron chi connectivity index (χ1n) is 8.78. The van der Waals surface area contributed by atoms with E-state index in [0.29, 0.717) is 31.1 Å². The average molecular weight is 353 g/mol. The minimum atomic E-state index is -0.142. The van der Waals surface area contributed by atoms with Crippen molar-refractivity contribution in [2.45, 2.75) is 33.2 Å². The maximum Gasteiger partial charge on any atom is 0.220 e. The lowest BCUT2D eigenvalue weighted by atomic mass is 10.0. The van der Waals surface area contributed by atoms with E-state index in [1.807, 2.05) is 50.2 Å². The Morgan fingerprint density at radius 1 is 0.923 bits per heavy atom. The molecule has 3 rings (SSSR count). The Bertz CT molecular complexity index is 829. The first kappa shape index (κ1) is 18.0. The van der Waals surface area contributed by atoms with Crippen molar-refractivity contribution in [1.82, 2.24) is 5.32 Å². The number of Topliss-reactive ketones (excluding diaryl/α,β-unsaturated/α-hetero) is 1. The van der Waals surface area contributed by atoms with Crippen LogP contribution in [0.4, 0.5) is 0 Å². The SMILES string of the molecule is Cc1ccc(C(=O)CCC(=O)NCc2ccc3c(c2)OCCO3)cc1C. The molecule has 0 fully saturated rings. The van der Waals surface area contributed by atoms with Crippen molar-refractivity contribution in [2.24, 2.45) is 0 Å². The number of nitrogens with one attached hydrogen (secondary N) is 1. The molecule has 5 nitrogen and oxygen atoms in total. The molecule has 2 aromatic carbocycles. The Kier molecular flexibility index (Phi) is 5.56. The van der Waals surface area contributed by atoms with Gasteiger partial charge in [0.15, 0.2) is 17.3 Å². The molecule has 0 saturated heterocycles. The van der Waals surface area contributed by atoms with Gasteiger partial charge < -0.3 is 14.8 Å². The number of ketones is 1. The Morgan fingerprint density at radius 2 is 1.69 bits per heavy atom. The molecule has 0 saturated carbocycles. The number of rotatable bonds is 6. The van der Waals surface area contributed by atoms with E-state index < -0.39 is 0 Å². The van der Waals surface area contributed by atoms with Crippen LogP contribution in [0, 0.1) is 13.8 Å². The smallest absolute Gasteiger partial charge is 0.220 e. The number of aryl methyl sites for hydroxylation is 2. The van der Waals surface area contributed by atoms with Gasteiger partial charge in [0.05, 0.1) is 0 Å². The second-order valence-electron chi connectivity index (χ2n) is 6.48. The van der Waals surface area contributed by atoms with Crippen LogP contribution < -0.4 is 14.8 Å². The normalized spacial score (nSPS) is 12.5. The van der Waals surface area contributed by atoms with E-state index in [2.05, 4.69) is 5.32 Å². The molecule has 0 aliphatic carbocycles. The molecule has 0 radical (unpaired) electrons. The fraction of sp³-hybridized carbons (Fsp3) is 0.333. The molecule has 136 valence electrons. The highest BCUT2D eigenvalue weighted by molar-refractivity contribution is 5.98. The quantitative estimate of drug-likeness (QED) is 0.809. The van der Waals surface area contributed by atoms with Gasteiger partial charge in [-0.15, -0.1) is 0 Å². The summed E-state index contributed by atoms with van der Waals surface area (Å²) in [5, 5.41) is 2.85. The molecular formula is C21H23NO4. The number of ether oxygens (including phenoxy) is 2. The summed E-state index contributed by atoms with van der Waals surface area (Å²) in [6.45, 7) is 5.47. The largest absolute Gasteiger partial charge is 0.486 e. The zero-order valence-corrected chi connectivity index (χ0v) is 15.1. The summed E-state index contributed by atoms with van der Waals surface area (Å²) in [6.07, 6.45) is 0.381. The predicted molar refractivity (Wildman–Crippen MR) is 98.8 cm³/mol. The lowest BCUT2D eigenvalue weighted by molar-refractivity contribution is -0.121. The monoisotopic (exact) mass is 353 g/mol. The molecule has 2 aromatic rings. The molecule has 1 heterocycles.